The smallest absolute Gasteiger partial charge is 0.275 e. The highest BCUT2D eigenvalue weighted by atomic mass is 32.2. The first-order valence-corrected chi connectivity index (χ1v) is 9.20. The van der Waals surface area contributed by atoms with Crippen molar-refractivity contribution in [2.24, 2.45) is 0 Å². The summed E-state index contributed by atoms with van der Waals surface area (Å²) in [6.45, 7) is 5.46. The lowest BCUT2D eigenvalue weighted by molar-refractivity contribution is -0.885. The van der Waals surface area contributed by atoms with Gasteiger partial charge in [0, 0.05) is 17.0 Å². The van der Waals surface area contributed by atoms with Gasteiger partial charge in [0.2, 0.25) is 5.91 Å². The summed E-state index contributed by atoms with van der Waals surface area (Å²) in [6, 6.07) is 7.87. The number of carbonyl (C=O) groups excluding carboxylic acids is 2. The number of likely N-dealkylation sites (N-methyl/N-ethyl adjacent to an activating group) is 1. The molecule has 0 saturated carbocycles. The van der Waals surface area contributed by atoms with Crippen LogP contribution in [0.4, 0.5) is 0 Å². The number of benzene rings is 1. The second kappa shape index (κ2) is 10.3. The normalized spacial score (nSPS) is 13.2. The number of amides is 2. The molecule has 5 nitrogen and oxygen atoms in total. The summed E-state index contributed by atoms with van der Waals surface area (Å²) in [5.41, 5.74) is 1.20. The first-order valence-electron chi connectivity index (χ1n) is 7.97. The zero-order valence-electron chi connectivity index (χ0n) is 14.4. The molecule has 1 aromatic carbocycles. The molecule has 0 saturated heterocycles. The lowest BCUT2D eigenvalue weighted by Crippen LogP contribution is -3.09. The molecule has 0 aromatic heterocycles. The fourth-order valence-corrected chi connectivity index (χ4v) is 2.60. The number of carbonyl (C=O) groups is 2. The Bertz CT molecular complexity index is 505. The van der Waals surface area contributed by atoms with Crippen LogP contribution < -0.4 is 15.5 Å². The second-order valence-corrected chi connectivity index (χ2v) is 6.62. The SMILES string of the molecule is CCCNC(=O)[C@H](C)NC(=O)C[NH+](C)Cc1ccc(SC)cc1. The van der Waals surface area contributed by atoms with E-state index >= 15 is 0 Å². The van der Waals surface area contributed by atoms with Gasteiger partial charge >= 0.3 is 0 Å². The average molecular weight is 338 g/mol. The molecule has 0 aliphatic heterocycles. The highest BCUT2D eigenvalue weighted by molar-refractivity contribution is 7.98. The van der Waals surface area contributed by atoms with E-state index < -0.39 is 6.04 Å². The van der Waals surface area contributed by atoms with Crippen LogP contribution in [0.1, 0.15) is 25.8 Å². The molecule has 1 aromatic rings. The quantitative estimate of drug-likeness (QED) is 0.573. The summed E-state index contributed by atoms with van der Waals surface area (Å²) in [5.74, 6) is -0.243. The summed E-state index contributed by atoms with van der Waals surface area (Å²) in [6.07, 6.45) is 2.93. The third-order valence-electron chi connectivity index (χ3n) is 3.45. The number of nitrogens with one attached hydrogen (secondary N) is 3. The summed E-state index contributed by atoms with van der Waals surface area (Å²) in [7, 11) is 1.98. The Labute approximate surface area is 143 Å². The largest absolute Gasteiger partial charge is 0.354 e. The molecule has 1 unspecified atom stereocenters. The van der Waals surface area contributed by atoms with Crippen LogP contribution in [-0.4, -0.2) is 44.2 Å². The van der Waals surface area contributed by atoms with Crippen molar-refractivity contribution in [3.8, 4) is 0 Å². The lowest BCUT2D eigenvalue weighted by Gasteiger charge is -2.17. The molecule has 0 aliphatic rings. The zero-order chi connectivity index (χ0) is 17.2. The van der Waals surface area contributed by atoms with Crippen molar-refractivity contribution in [3.63, 3.8) is 0 Å². The van der Waals surface area contributed by atoms with E-state index in [4.69, 9.17) is 0 Å². The van der Waals surface area contributed by atoms with Crippen molar-refractivity contribution in [1.29, 1.82) is 0 Å². The molecule has 2 amide bonds. The van der Waals surface area contributed by atoms with Crippen molar-refractivity contribution in [2.75, 3.05) is 26.4 Å². The molecule has 0 spiro atoms. The summed E-state index contributed by atoms with van der Waals surface area (Å²) >= 11 is 1.71. The van der Waals surface area contributed by atoms with Crippen LogP contribution in [0.15, 0.2) is 29.2 Å². The number of hydrogen-bond donors (Lipinski definition) is 3. The van der Waals surface area contributed by atoms with Gasteiger partial charge in [0.15, 0.2) is 6.54 Å². The first-order chi connectivity index (χ1) is 11.0. The standard InChI is InChI=1S/C17H27N3O2S/c1-5-10-18-17(22)13(2)19-16(21)12-20(3)11-14-6-8-15(23-4)9-7-14/h6-9,13H,5,10-12H2,1-4H3,(H,18,22)(H,19,21)/p+1/t13-/m0/s1. The maximum Gasteiger partial charge on any atom is 0.275 e. The second-order valence-electron chi connectivity index (χ2n) is 5.74. The van der Waals surface area contributed by atoms with E-state index in [2.05, 4.69) is 41.2 Å². The minimum absolute atomic E-state index is 0.109. The van der Waals surface area contributed by atoms with Crippen molar-refractivity contribution in [3.05, 3.63) is 29.8 Å². The van der Waals surface area contributed by atoms with E-state index in [9.17, 15) is 9.59 Å². The molecule has 0 heterocycles. The van der Waals surface area contributed by atoms with Crippen LogP contribution in [0.3, 0.4) is 0 Å². The van der Waals surface area contributed by atoms with Crippen molar-refractivity contribution in [2.45, 2.75) is 37.8 Å². The van der Waals surface area contributed by atoms with E-state index in [1.54, 1.807) is 18.7 Å². The molecule has 128 valence electrons. The summed E-state index contributed by atoms with van der Waals surface area (Å²) in [5, 5.41) is 5.53. The van der Waals surface area contributed by atoms with Gasteiger partial charge in [-0.25, -0.2) is 0 Å². The van der Waals surface area contributed by atoms with Gasteiger partial charge in [-0.2, -0.15) is 0 Å². The van der Waals surface area contributed by atoms with Crippen LogP contribution in [0.2, 0.25) is 0 Å². The van der Waals surface area contributed by atoms with Crippen LogP contribution in [0.25, 0.3) is 0 Å². The molecular weight excluding hydrogens is 310 g/mol. The Kier molecular flexibility index (Phi) is 8.73. The van der Waals surface area contributed by atoms with Crippen LogP contribution in [0.5, 0.6) is 0 Å². The number of thioether (sulfide) groups is 1. The molecule has 0 aliphatic carbocycles. The Hall–Kier alpha value is -1.53. The number of hydrogen-bond acceptors (Lipinski definition) is 3. The fourth-order valence-electron chi connectivity index (χ4n) is 2.19. The molecular formula is C17H28N3O2S+. The van der Waals surface area contributed by atoms with Gasteiger partial charge in [-0.05, 0) is 31.7 Å². The Morgan fingerprint density at radius 3 is 2.48 bits per heavy atom. The topological polar surface area (TPSA) is 62.6 Å². The maximum atomic E-state index is 12.0. The molecule has 0 fully saturated rings. The zero-order valence-corrected chi connectivity index (χ0v) is 15.3. The predicted molar refractivity (Wildman–Crippen MR) is 94.6 cm³/mol. The highest BCUT2D eigenvalue weighted by Crippen LogP contribution is 2.14. The van der Waals surface area contributed by atoms with E-state index in [0.29, 0.717) is 13.1 Å². The monoisotopic (exact) mass is 338 g/mol. The highest BCUT2D eigenvalue weighted by Gasteiger charge is 2.17. The van der Waals surface area contributed by atoms with Gasteiger partial charge in [-0.15, -0.1) is 11.8 Å². The Morgan fingerprint density at radius 1 is 1.26 bits per heavy atom. The minimum Gasteiger partial charge on any atom is -0.354 e. The molecule has 6 heteroatoms. The van der Waals surface area contributed by atoms with Crippen molar-refractivity contribution in [1.82, 2.24) is 10.6 Å². The van der Waals surface area contributed by atoms with Gasteiger partial charge in [-0.1, -0.05) is 19.1 Å². The van der Waals surface area contributed by atoms with E-state index in [-0.39, 0.29) is 11.8 Å². The average Bonchev–Trinajstić information content (AvgIpc) is 2.52. The molecule has 23 heavy (non-hydrogen) atoms. The lowest BCUT2D eigenvalue weighted by atomic mass is 10.2. The van der Waals surface area contributed by atoms with Gasteiger partial charge in [0.25, 0.3) is 5.91 Å². The molecule has 0 radical (unpaired) electrons. The molecule has 0 bridgehead atoms. The van der Waals surface area contributed by atoms with Gasteiger partial charge in [0.05, 0.1) is 7.05 Å². The first kappa shape index (κ1) is 19.5. The van der Waals surface area contributed by atoms with Crippen LogP contribution in [0, 0.1) is 0 Å². The van der Waals surface area contributed by atoms with Crippen LogP contribution >= 0.6 is 11.8 Å². The fraction of sp³-hybridized carbons (Fsp3) is 0.529. The summed E-state index contributed by atoms with van der Waals surface area (Å²) in [4.78, 5) is 26.1. The maximum absolute atomic E-state index is 12.0. The summed E-state index contributed by atoms with van der Waals surface area (Å²) < 4.78 is 0. The van der Waals surface area contributed by atoms with Crippen molar-refractivity contribution >= 4 is 23.6 Å². The molecule has 2 atom stereocenters. The predicted octanol–water partition coefficient (Wildman–Crippen LogP) is 0.454. The van der Waals surface area contributed by atoms with E-state index in [1.807, 2.05) is 14.0 Å². The van der Waals surface area contributed by atoms with Gasteiger partial charge in [0.1, 0.15) is 12.6 Å². The van der Waals surface area contributed by atoms with Gasteiger partial charge in [-0.3, -0.25) is 9.59 Å². The third kappa shape index (κ3) is 7.52. The minimum atomic E-state index is -0.497. The van der Waals surface area contributed by atoms with E-state index in [1.165, 1.54) is 10.5 Å². The Balaban J connectivity index is 2.38. The van der Waals surface area contributed by atoms with Gasteiger partial charge < -0.3 is 15.5 Å². The molecule has 1 rings (SSSR count). The third-order valence-corrected chi connectivity index (χ3v) is 4.19. The Morgan fingerprint density at radius 2 is 1.91 bits per heavy atom. The number of rotatable bonds is 9. The van der Waals surface area contributed by atoms with E-state index in [0.717, 1.165) is 17.9 Å². The van der Waals surface area contributed by atoms with Crippen LogP contribution in [-0.2, 0) is 16.1 Å². The molecule has 3 N–H and O–H groups in total. The van der Waals surface area contributed by atoms with Crippen molar-refractivity contribution < 1.29 is 14.5 Å². The number of quaternary nitrogens is 1.